The molecule has 0 aliphatic heterocycles. The highest BCUT2D eigenvalue weighted by atomic mass is 32.1. The quantitative estimate of drug-likeness (QED) is 0.633. The van der Waals surface area contributed by atoms with E-state index in [1.54, 1.807) is 17.4 Å². The van der Waals surface area contributed by atoms with Gasteiger partial charge >= 0.3 is 0 Å². The molecule has 1 aliphatic rings. The SMILES string of the molecule is Cc1nc(NCCc2ccc(O)c(O)c2)c2c3c(sc2n1)CCC3. The second-order valence-corrected chi connectivity index (χ2v) is 7.24. The van der Waals surface area contributed by atoms with E-state index in [-0.39, 0.29) is 11.5 Å². The Bertz CT molecular complexity index is 920. The molecule has 2 heterocycles. The van der Waals surface area contributed by atoms with E-state index in [0.29, 0.717) is 6.54 Å². The van der Waals surface area contributed by atoms with Crippen molar-refractivity contribution in [3.05, 3.63) is 40.0 Å². The number of nitrogens with zero attached hydrogens (tertiary/aromatic N) is 2. The van der Waals surface area contributed by atoms with Gasteiger partial charge < -0.3 is 15.5 Å². The predicted octanol–water partition coefficient (Wildman–Crippen LogP) is 3.55. The van der Waals surface area contributed by atoms with Crippen molar-refractivity contribution in [3.8, 4) is 11.5 Å². The van der Waals surface area contributed by atoms with Gasteiger partial charge in [0.15, 0.2) is 11.5 Å². The molecule has 0 radical (unpaired) electrons. The number of rotatable bonds is 4. The Balaban J connectivity index is 1.57. The molecule has 0 saturated carbocycles. The summed E-state index contributed by atoms with van der Waals surface area (Å²) in [5.74, 6) is 1.53. The minimum Gasteiger partial charge on any atom is -0.504 e. The van der Waals surface area contributed by atoms with Crippen LogP contribution in [0.1, 0.15) is 28.2 Å². The number of aromatic hydroxyl groups is 2. The molecule has 0 unspecified atom stereocenters. The van der Waals surface area contributed by atoms with Crippen LogP contribution >= 0.6 is 11.3 Å². The lowest BCUT2D eigenvalue weighted by molar-refractivity contribution is 0.403. The molecule has 3 N–H and O–H groups in total. The van der Waals surface area contributed by atoms with Gasteiger partial charge in [0.1, 0.15) is 16.5 Å². The first-order chi connectivity index (χ1) is 11.6. The fraction of sp³-hybridized carbons (Fsp3) is 0.333. The number of hydrogen-bond donors (Lipinski definition) is 3. The first kappa shape index (κ1) is 15.2. The zero-order chi connectivity index (χ0) is 16.7. The van der Waals surface area contributed by atoms with Crippen molar-refractivity contribution in [2.45, 2.75) is 32.6 Å². The average Bonchev–Trinajstić information content (AvgIpc) is 3.11. The maximum Gasteiger partial charge on any atom is 0.157 e. The Morgan fingerprint density at radius 1 is 1.17 bits per heavy atom. The molecule has 4 rings (SSSR count). The fourth-order valence-electron chi connectivity index (χ4n) is 3.28. The monoisotopic (exact) mass is 341 g/mol. The largest absolute Gasteiger partial charge is 0.504 e. The third kappa shape index (κ3) is 2.67. The lowest BCUT2D eigenvalue weighted by Crippen LogP contribution is -2.08. The number of hydrogen-bond acceptors (Lipinski definition) is 6. The Kier molecular flexibility index (Phi) is 3.76. The highest BCUT2D eigenvalue weighted by molar-refractivity contribution is 7.19. The van der Waals surface area contributed by atoms with Crippen molar-refractivity contribution in [1.29, 1.82) is 0 Å². The van der Waals surface area contributed by atoms with Crippen LogP contribution in [0.3, 0.4) is 0 Å². The molecule has 1 aromatic carbocycles. The molecular weight excluding hydrogens is 322 g/mol. The van der Waals surface area contributed by atoms with Gasteiger partial charge in [-0.2, -0.15) is 0 Å². The van der Waals surface area contributed by atoms with E-state index < -0.39 is 0 Å². The summed E-state index contributed by atoms with van der Waals surface area (Å²) in [4.78, 5) is 11.7. The standard InChI is InChI=1S/C18H19N3O2S/c1-10-20-17(16-12-3-2-4-15(12)24-18(16)21-10)19-8-7-11-5-6-13(22)14(23)9-11/h5-6,9,22-23H,2-4,7-8H2,1H3,(H,19,20,21). The summed E-state index contributed by atoms with van der Waals surface area (Å²) in [6, 6.07) is 4.93. The van der Waals surface area contributed by atoms with E-state index in [2.05, 4.69) is 15.3 Å². The van der Waals surface area contributed by atoms with Crippen LogP contribution in [0, 0.1) is 6.92 Å². The maximum absolute atomic E-state index is 9.58. The van der Waals surface area contributed by atoms with Crippen LogP contribution in [0.15, 0.2) is 18.2 Å². The number of phenols is 2. The number of anilines is 1. The topological polar surface area (TPSA) is 78.3 Å². The summed E-state index contributed by atoms with van der Waals surface area (Å²) < 4.78 is 0. The van der Waals surface area contributed by atoms with Crippen LogP contribution < -0.4 is 5.32 Å². The average molecular weight is 341 g/mol. The third-order valence-electron chi connectivity index (χ3n) is 4.42. The summed E-state index contributed by atoms with van der Waals surface area (Å²) in [6.07, 6.45) is 4.23. The Labute approximate surface area is 144 Å². The van der Waals surface area contributed by atoms with E-state index >= 15 is 0 Å². The summed E-state index contributed by atoms with van der Waals surface area (Å²) in [5.41, 5.74) is 2.38. The molecule has 1 aliphatic carbocycles. The molecule has 0 saturated heterocycles. The van der Waals surface area contributed by atoms with Gasteiger partial charge in [0.25, 0.3) is 0 Å². The highest BCUT2D eigenvalue weighted by Crippen LogP contribution is 2.39. The molecule has 3 aromatic rings. The van der Waals surface area contributed by atoms with Crippen LogP contribution in [0.25, 0.3) is 10.2 Å². The molecule has 2 aromatic heterocycles. The first-order valence-electron chi connectivity index (χ1n) is 8.15. The molecule has 0 bridgehead atoms. The van der Waals surface area contributed by atoms with E-state index in [1.165, 1.54) is 28.3 Å². The summed E-state index contributed by atoms with van der Waals surface area (Å²) in [7, 11) is 0. The zero-order valence-electron chi connectivity index (χ0n) is 13.5. The number of thiophene rings is 1. The second-order valence-electron chi connectivity index (χ2n) is 6.16. The lowest BCUT2D eigenvalue weighted by atomic mass is 10.1. The molecular formula is C18H19N3O2S. The molecule has 6 heteroatoms. The fourth-order valence-corrected chi connectivity index (χ4v) is 4.59. The second kappa shape index (κ2) is 5.94. The Morgan fingerprint density at radius 3 is 2.88 bits per heavy atom. The van der Waals surface area contributed by atoms with E-state index in [9.17, 15) is 10.2 Å². The highest BCUT2D eigenvalue weighted by Gasteiger charge is 2.21. The van der Waals surface area contributed by atoms with Gasteiger partial charge in [-0.25, -0.2) is 9.97 Å². The van der Waals surface area contributed by atoms with Crippen LogP contribution in [0.4, 0.5) is 5.82 Å². The van der Waals surface area contributed by atoms with Crippen molar-refractivity contribution in [2.75, 3.05) is 11.9 Å². The number of nitrogens with one attached hydrogen (secondary N) is 1. The number of benzene rings is 1. The van der Waals surface area contributed by atoms with Crippen LogP contribution in [0.5, 0.6) is 11.5 Å². The lowest BCUT2D eigenvalue weighted by Gasteiger charge is -2.09. The van der Waals surface area contributed by atoms with Crippen LogP contribution in [-0.2, 0) is 19.3 Å². The Hall–Kier alpha value is -2.34. The number of aromatic nitrogens is 2. The van der Waals surface area contributed by atoms with Crippen molar-refractivity contribution in [2.24, 2.45) is 0 Å². The van der Waals surface area contributed by atoms with Crippen LogP contribution in [0.2, 0.25) is 0 Å². The number of fused-ring (bicyclic) bond motifs is 3. The minimum absolute atomic E-state index is 0.0802. The third-order valence-corrected chi connectivity index (χ3v) is 5.61. The number of phenolic OH excluding ortho intramolecular Hbond substituents is 2. The molecule has 0 spiro atoms. The molecule has 0 atom stereocenters. The van der Waals surface area contributed by atoms with Crippen molar-refractivity contribution in [3.63, 3.8) is 0 Å². The van der Waals surface area contributed by atoms with E-state index in [0.717, 1.165) is 41.3 Å². The van der Waals surface area contributed by atoms with Crippen LogP contribution in [-0.4, -0.2) is 26.7 Å². The molecule has 124 valence electrons. The van der Waals surface area contributed by atoms with Crippen molar-refractivity contribution >= 4 is 27.4 Å². The first-order valence-corrected chi connectivity index (χ1v) is 8.97. The normalized spacial score (nSPS) is 13.4. The molecule has 0 amide bonds. The Morgan fingerprint density at radius 2 is 2.04 bits per heavy atom. The summed E-state index contributed by atoms with van der Waals surface area (Å²) in [6.45, 7) is 2.63. The van der Waals surface area contributed by atoms with Crippen molar-refractivity contribution < 1.29 is 10.2 Å². The molecule has 24 heavy (non-hydrogen) atoms. The maximum atomic E-state index is 9.58. The summed E-state index contributed by atoms with van der Waals surface area (Å²) >= 11 is 1.80. The minimum atomic E-state index is -0.0892. The van der Waals surface area contributed by atoms with Gasteiger partial charge in [0.05, 0.1) is 5.39 Å². The van der Waals surface area contributed by atoms with Gasteiger partial charge in [0.2, 0.25) is 0 Å². The number of aryl methyl sites for hydroxylation is 3. The van der Waals surface area contributed by atoms with Gasteiger partial charge in [-0.15, -0.1) is 11.3 Å². The van der Waals surface area contributed by atoms with Gasteiger partial charge in [0, 0.05) is 11.4 Å². The van der Waals surface area contributed by atoms with Gasteiger partial charge in [-0.3, -0.25) is 0 Å². The predicted molar refractivity (Wildman–Crippen MR) is 96.1 cm³/mol. The van der Waals surface area contributed by atoms with E-state index in [1.807, 2.05) is 13.0 Å². The smallest absolute Gasteiger partial charge is 0.157 e. The summed E-state index contributed by atoms with van der Waals surface area (Å²) in [5, 5.41) is 23.6. The molecule has 5 nitrogen and oxygen atoms in total. The van der Waals surface area contributed by atoms with E-state index in [4.69, 9.17) is 0 Å². The van der Waals surface area contributed by atoms with Gasteiger partial charge in [-0.1, -0.05) is 6.07 Å². The zero-order valence-corrected chi connectivity index (χ0v) is 14.3. The molecule has 0 fully saturated rings. The van der Waals surface area contributed by atoms with Crippen molar-refractivity contribution in [1.82, 2.24) is 9.97 Å². The van der Waals surface area contributed by atoms with Gasteiger partial charge in [-0.05, 0) is 55.9 Å².